The Bertz CT molecular complexity index is 717. The molecule has 6 heteroatoms. The number of carbonyl (C=O) groups is 2. The number of benzene rings is 1. The first-order valence-electron chi connectivity index (χ1n) is 7.82. The molecule has 6 nitrogen and oxygen atoms in total. The van der Waals surface area contributed by atoms with Crippen LogP contribution in [-0.4, -0.2) is 27.6 Å². The van der Waals surface area contributed by atoms with Gasteiger partial charge in [0, 0.05) is 18.0 Å². The monoisotopic (exact) mass is 312 g/mol. The second-order valence-electron chi connectivity index (χ2n) is 6.05. The van der Waals surface area contributed by atoms with Gasteiger partial charge in [0.05, 0.1) is 5.69 Å². The van der Waals surface area contributed by atoms with Crippen LogP contribution in [0, 0.1) is 5.92 Å². The molecule has 0 unspecified atom stereocenters. The van der Waals surface area contributed by atoms with Gasteiger partial charge in [0.15, 0.2) is 5.69 Å². The summed E-state index contributed by atoms with van der Waals surface area (Å²) in [5, 5.41) is 10.0. The van der Waals surface area contributed by atoms with Gasteiger partial charge >= 0.3 is 0 Å². The van der Waals surface area contributed by atoms with Crippen molar-refractivity contribution in [1.29, 1.82) is 0 Å². The van der Waals surface area contributed by atoms with Crippen LogP contribution in [0.2, 0.25) is 0 Å². The van der Waals surface area contributed by atoms with Gasteiger partial charge < -0.3 is 10.6 Å². The highest BCUT2D eigenvalue weighted by Gasteiger charge is 2.30. The molecular formula is C17H20N4O2. The second-order valence-corrected chi connectivity index (χ2v) is 6.05. The summed E-state index contributed by atoms with van der Waals surface area (Å²) in [6.07, 6.45) is 1.85. The van der Waals surface area contributed by atoms with E-state index in [1.165, 1.54) is 0 Å². The van der Waals surface area contributed by atoms with Crippen LogP contribution in [0.1, 0.15) is 37.2 Å². The minimum absolute atomic E-state index is 0.0158. The van der Waals surface area contributed by atoms with Gasteiger partial charge in [-0.25, -0.2) is 4.68 Å². The zero-order valence-electron chi connectivity index (χ0n) is 13.2. The topological polar surface area (TPSA) is 76.0 Å². The van der Waals surface area contributed by atoms with E-state index in [0.717, 1.165) is 18.5 Å². The predicted molar refractivity (Wildman–Crippen MR) is 87.5 cm³/mol. The number of hydrogen-bond acceptors (Lipinski definition) is 3. The Kier molecular flexibility index (Phi) is 4.14. The van der Waals surface area contributed by atoms with E-state index in [1.807, 2.05) is 44.2 Å². The summed E-state index contributed by atoms with van der Waals surface area (Å²) in [6.45, 7) is 3.78. The van der Waals surface area contributed by atoms with Crippen molar-refractivity contribution in [3.63, 3.8) is 0 Å². The summed E-state index contributed by atoms with van der Waals surface area (Å²) >= 11 is 0. The third-order valence-electron chi connectivity index (χ3n) is 3.56. The molecule has 1 heterocycles. The molecule has 3 rings (SSSR count). The first-order chi connectivity index (χ1) is 11.0. The Morgan fingerprint density at radius 2 is 1.91 bits per heavy atom. The number of amides is 2. The van der Waals surface area contributed by atoms with E-state index in [9.17, 15) is 9.59 Å². The van der Waals surface area contributed by atoms with Crippen molar-refractivity contribution in [2.75, 3.05) is 5.32 Å². The third-order valence-corrected chi connectivity index (χ3v) is 3.56. The van der Waals surface area contributed by atoms with Gasteiger partial charge in [-0.05, 0) is 38.8 Å². The van der Waals surface area contributed by atoms with E-state index in [0.29, 0.717) is 5.82 Å². The number of rotatable bonds is 5. The van der Waals surface area contributed by atoms with Gasteiger partial charge in [-0.15, -0.1) is 0 Å². The number of para-hydroxylation sites is 1. The lowest BCUT2D eigenvalue weighted by atomic mass is 10.3. The van der Waals surface area contributed by atoms with E-state index in [-0.39, 0.29) is 29.5 Å². The van der Waals surface area contributed by atoms with E-state index in [1.54, 1.807) is 10.7 Å². The van der Waals surface area contributed by atoms with Crippen molar-refractivity contribution in [2.45, 2.75) is 32.7 Å². The molecule has 2 N–H and O–H groups in total. The molecule has 2 aromatic rings. The summed E-state index contributed by atoms with van der Waals surface area (Å²) in [5.74, 6) is 0.332. The summed E-state index contributed by atoms with van der Waals surface area (Å²) in [4.78, 5) is 24.2. The van der Waals surface area contributed by atoms with Crippen LogP contribution in [0.25, 0.3) is 5.69 Å². The number of nitrogens with zero attached hydrogens (tertiary/aromatic N) is 2. The predicted octanol–water partition coefficient (Wildman–Crippen LogP) is 2.36. The second kappa shape index (κ2) is 6.24. The van der Waals surface area contributed by atoms with Gasteiger partial charge in [-0.1, -0.05) is 18.2 Å². The fraction of sp³-hybridized carbons (Fsp3) is 0.353. The van der Waals surface area contributed by atoms with Crippen LogP contribution in [-0.2, 0) is 4.79 Å². The Morgan fingerprint density at radius 1 is 1.22 bits per heavy atom. The summed E-state index contributed by atoms with van der Waals surface area (Å²) in [5.41, 5.74) is 1.08. The lowest BCUT2D eigenvalue weighted by Crippen LogP contribution is -2.30. The van der Waals surface area contributed by atoms with Crippen molar-refractivity contribution in [2.24, 2.45) is 5.92 Å². The summed E-state index contributed by atoms with van der Waals surface area (Å²) < 4.78 is 1.59. The molecule has 1 aliphatic rings. The van der Waals surface area contributed by atoms with E-state index in [4.69, 9.17) is 0 Å². The molecule has 0 radical (unpaired) electrons. The lowest BCUT2D eigenvalue weighted by molar-refractivity contribution is -0.117. The Hall–Kier alpha value is -2.63. The smallest absolute Gasteiger partial charge is 0.272 e. The standard InChI is InChI=1S/C17H20N4O2/c1-11(2)18-17(23)14-10-15(19-16(22)12-8-9-12)21(20-14)13-6-4-3-5-7-13/h3-7,10-12H,8-9H2,1-2H3,(H,18,23)(H,19,22). The van der Waals surface area contributed by atoms with Gasteiger partial charge in [-0.3, -0.25) is 9.59 Å². The number of hydrogen-bond donors (Lipinski definition) is 2. The molecular weight excluding hydrogens is 292 g/mol. The van der Waals surface area contributed by atoms with Crippen molar-refractivity contribution in [3.8, 4) is 5.69 Å². The third kappa shape index (κ3) is 3.59. The molecule has 0 aliphatic heterocycles. The Morgan fingerprint density at radius 3 is 2.52 bits per heavy atom. The minimum atomic E-state index is -0.253. The number of carbonyl (C=O) groups excluding carboxylic acids is 2. The number of aromatic nitrogens is 2. The highest BCUT2D eigenvalue weighted by Crippen LogP contribution is 2.30. The number of anilines is 1. The molecule has 120 valence electrons. The SMILES string of the molecule is CC(C)NC(=O)c1cc(NC(=O)C2CC2)n(-c2ccccc2)n1. The summed E-state index contributed by atoms with van der Waals surface area (Å²) in [6, 6.07) is 11.1. The Labute approximate surface area is 134 Å². The molecule has 1 fully saturated rings. The average molecular weight is 312 g/mol. The first kappa shape index (κ1) is 15.3. The first-order valence-corrected chi connectivity index (χ1v) is 7.82. The minimum Gasteiger partial charge on any atom is -0.348 e. The van der Waals surface area contributed by atoms with Gasteiger partial charge in [0.1, 0.15) is 5.82 Å². The quantitative estimate of drug-likeness (QED) is 0.890. The molecule has 0 atom stereocenters. The largest absolute Gasteiger partial charge is 0.348 e. The molecule has 0 spiro atoms. The number of nitrogens with one attached hydrogen (secondary N) is 2. The van der Waals surface area contributed by atoms with E-state index < -0.39 is 0 Å². The van der Waals surface area contributed by atoms with E-state index >= 15 is 0 Å². The molecule has 1 aliphatic carbocycles. The molecule has 0 saturated heterocycles. The molecule has 23 heavy (non-hydrogen) atoms. The normalized spacial score (nSPS) is 13.9. The molecule has 1 aromatic carbocycles. The van der Waals surface area contributed by atoms with Crippen LogP contribution in [0.15, 0.2) is 36.4 Å². The summed E-state index contributed by atoms with van der Waals surface area (Å²) in [7, 11) is 0. The van der Waals surface area contributed by atoms with Gasteiger partial charge in [-0.2, -0.15) is 5.10 Å². The van der Waals surface area contributed by atoms with Crippen molar-refractivity contribution in [3.05, 3.63) is 42.1 Å². The van der Waals surface area contributed by atoms with Gasteiger partial charge in [0.25, 0.3) is 5.91 Å². The van der Waals surface area contributed by atoms with Crippen LogP contribution >= 0.6 is 0 Å². The maximum Gasteiger partial charge on any atom is 0.272 e. The molecule has 2 amide bonds. The Balaban J connectivity index is 1.92. The zero-order chi connectivity index (χ0) is 16.4. The fourth-order valence-electron chi connectivity index (χ4n) is 2.26. The zero-order valence-corrected chi connectivity index (χ0v) is 13.2. The highest BCUT2D eigenvalue weighted by molar-refractivity contribution is 5.97. The lowest BCUT2D eigenvalue weighted by Gasteiger charge is -2.08. The maximum absolute atomic E-state index is 12.2. The van der Waals surface area contributed by atoms with Crippen molar-refractivity contribution < 1.29 is 9.59 Å². The van der Waals surface area contributed by atoms with Crippen LogP contribution in [0.5, 0.6) is 0 Å². The van der Waals surface area contributed by atoms with Crippen molar-refractivity contribution in [1.82, 2.24) is 15.1 Å². The van der Waals surface area contributed by atoms with Crippen LogP contribution in [0.3, 0.4) is 0 Å². The maximum atomic E-state index is 12.2. The molecule has 1 aromatic heterocycles. The van der Waals surface area contributed by atoms with Crippen molar-refractivity contribution >= 4 is 17.6 Å². The molecule has 1 saturated carbocycles. The van der Waals surface area contributed by atoms with Crippen LogP contribution in [0.4, 0.5) is 5.82 Å². The highest BCUT2D eigenvalue weighted by atomic mass is 16.2. The van der Waals surface area contributed by atoms with E-state index in [2.05, 4.69) is 15.7 Å². The van der Waals surface area contributed by atoms with Crippen LogP contribution < -0.4 is 10.6 Å². The average Bonchev–Trinajstić information content (AvgIpc) is 3.29. The molecule has 0 bridgehead atoms. The van der Waals surface area contributed by atoms with Gasteiger partial charge in [0.2, 0.25) is 5.91 Å². The fourth-order valence-corrected chi connectivity index (χ4v) is 2.26.